The molecule has 1 aromatic heterocycles. The SMILES string of the molecule is C=Cc1c(-c2ccc(F)cc2)ncnc1C(C)C. The Morgan fingerprint density at radius 1 is 1.17 bits per heavy atom. The van der Waals surface area contributed by atoms with Gasteiger partial charge in [-0.25, -0.2) is 14.4 Å². The van der Waals surface area contributed by atoms with Crippen LogP contribution in [0.25, 0.3) is 17.3 Å². The van der Waals surface area contributed by atoms with Crippen molar-refractivity contribution in [3.8, 4) is 11.3 Å². The fourth-order valence-electron chi connectivity index (χ4n) is 1.91. The monoisotopic (exact) mass is 242 g/mol. The molecule has 0 aliphatic rings. The predicted molar refractivity (Wildman–Crippen MR) is 71.6 cm³/mol. The standard InChI is InChI=1S/C15H15FN2/c1-4-13-14(10(2)3)17-9-18-15(13)11-5-7-12(16)8-6-11/h4-10H,1H2,2-3H3. The van der Waals surface area contributed by atoms with Gasteiger partial charge in [-0.15, -0.1) is 0 Å². The van der Waals surface area contributed by atoms with Crippen LogP contribution in [0.2, 0.25) is 0 Å². The third kappa shape index (κ3) is 2.30. The average molecular weight is 242 g/mol. The summed E-state index contributed by atoms with van der Waals surface area (Å²) in [7, 11) is 0. The summed E-state index contributed by atoms with van der Waals surface area (Å²) in [6, 6.07) is 6.29. The highest BCUT2D eigenvalue weighted by Gasteiger charge is 2.12. The summed E-state index contributed by atoms with van der Waals surface area (Å²) in [4.78, 5) is 8.58. The Balaban J connectivity index is 2.60. The van der Waals surface area contributed by atoms with Gasteiger partial charge in [0.2, 0.25) is 0 Å². The molecule has 2 nitrogen and oxygen atoms in total. The molecule has 0 radical (unpaired) electrons. The molecule has 0 unspecified atom stereocenters. The average Bonchev–Trinajstić information content (AvgIpc) is 2.38. The summed E-state index contributed by atoms with van der Waals surface area (Å²) in [6.07, 6.45) is 3.30. The number of halogens is 1. The van der Waals surface area contributed by atoms with E-state index in [2.05, 4.69) is 30.4 Å². The largest absolute Gasteiger partial charge is 0.240 e. The predicted octanol–water partition coefficient (Wildman–Crippen LogP) is 4.05. The van der Waals surface area contributed by atoms with E-state index in [0.29, 0.717) is 5.92 Å². The molecule has 0 aliphatic carbocycles. The van der Waals surface area contributed by atoms with E-state index in [1.54, 1.807) is 24.5 Å². The summed E-state index contributed by atoms with van der Waals surface area (Å²) in [5, 5.41) is 0. The van der Waals surface area contributed by atoms with Gasteiger partial charge in [-0.05, 0) is 30.2 Å². The maximum atomic E-state index is 12.9. The zero-order valence-electron chi connectivity index (χ0n) is 10.5. The molecular weight excluding hydrogens is 227 g/mol. The number of aromatic nitrogens is 2. The van der Waals surface area contributed by atoms with Crippen LogP contribution in [0.4, 0.5) is 4.39 Å². The molecule has 3 heteroatoms. The van der Waals surface area contributed by atoms with Crippen LogP contribution in [0.3, 0.4) is 0 Å². The zero-order valence-corrected chi connectivity index (χ0v) is 10.5. The summed E-state index contributed by atoms with van der Waals surface area (Å²) >= 11 is 0. The van der Waals surface area contributed by atoms with Gasteiger partial charge in [-0.3, -0.25) is 0 Å². The maximum Gasteiger partial charge on any atom is 0.123 e. The first kappa shape index (κ1) is 12.4. The number of rotatable bonds is 3. The second kappa shape index (κ2) is 5.08. The van der Waals surface area contributed by atoms with Crippen LogP contribution in [0.1, 0.15) is 31.0 Å². The van der Waals surface area contributed by atoms with Crippen molar-refractivity contribution in [2.75, 3.05) is 0 Å². The molecule has 2 aromatic rings. The fraction of sp³-hybridized carbons (Fsp3) is 0.200. The minimum Gasteiger partial charge on any atom is -0.240 e. The van der Waals surface area contributed by atoms with Gasteiger partial charge < -0.3 is 0 Å². The minimum atomic E-state index is -0.253. The van der Waals surface area contributed by atoms with Crippen LogP contribution in [0.5, 0.6) is 0 Å². The Hall–Kier alpha value is -2.03. The molecule has 0 aliphatic heterocycles. The molecule has 1 heterocycles. The van der Waals surface area contributed by atoms with E-state index >= 15 is 0 Å². The number of nitrogens with zero attached hydrogens (tertiary/aromatic N) is 2. The van der Waals surface area contributed by atoms with Crippen LogP contribution < -0.4 is 0 Å². The molecule has 18 heavy (non-hydrogen) atoms. The van der Waals surface area contributed by atoms with E-state index in [0.717, 1.165) is 22.5 Å². The van der Waals surface area contributed by atoms with E-state index in [1.807, 2.05) is 0 Å². The zero-order chi connectivity index (χ0) is 13.1. The van der Waals surface area contributed by atoms with Crippen molar-refractivity contribution in [3.63, 3.8) is 0 Å². The Morgan fingerprint density at radius 2 is 1.83 bits per heavy atom. The van der Waals surface area contributed by atoms with Crippen LogP contribution in [-0.4, -0.2) is 9.97 Å². The molecule has 0 atom stereocenters. The second-order valence-electron chi connectivity index (χ2n) is 4.39. The lowest BCUT2D eigenvalue weighted by Gasteiger charge is -2.12. The maximum absolute atomic E-state index is 12.9. The summed E-state index contributed by atoms with van der Waals surface area (Å²) in [6.45, 7) is 7.97. The summed E-state index contributed by atoms with van der Waals surface area (Å²) in [5.74, 6) is 0.0391. The first-order valence-corrected chi connectivity index (χ1v) is 5.86. The van der Waals surface area contributed by atoms with E-state index in [9.17, 15) is 4.39 Å². The third-order valence-electron chi connectivity index (χ3n) is 2.78. The summed E-state index contributed by atoms with van der Waals surface area (Å²) < 4.78 is 12.9. The molecule has 92 valence electrons. The Labute approximate surface area is 106 Å². The highest BCUT2D eigenvalue weighted by atomic mass is 19.1. The molecule has 0 amide bonds. The van der Waals surface area contributed by atoms with Crippen molar-refractivity contribution in [2.24, 2.45) is 0 Å². The Morgan fingerprint density at radius 3 is 2.39 bits per heavy atom. The molecule has 0 bridgehead atoms. The molecule has 0 saturated carbocycles. The fourth-order valence-corrected chi connectivity index (χ4v) is 1.91. The van der Waals surface area contributed by atoms with E-state index in [1.165, 1.54) is 12.1 Å². The molecular formula is C15H15FN2. The first-order chi connectivity index (χ1) is 8.63. The van der Waals surface area contributed by atoms with Gasteiger partial charge in [-0.2, -0.15) is 0 Å². The number of benzene rings is 1. The number of hydrogen-bond donors (Lipinski definition) is 0. The number of hydrogen-bond acceptors (Lipinski definition) is 2. The van der Waals surface area contributed by atoms with Gasteiger partial charge in [0.05, 0.1) is 11.4 Å². The quantitative estimate of drug-likeness (QED) is 0.811. The van der Waals surface area contributed by atoms with Crippen LogP contribution in [0, 0.1) is 5.82 Å². The second-order valence-corrected chi connectivity index (χ2v) is 4.39. The van der Waals surface area contributed by atoms with Crippen molar-refractivity contribution < 1.29 is 4.39 Å². The molecule has 2 rings (SSSR count). The topological polar surface area (TPSA) is 25.8 Å². The van der Waals surface area contributed by atoms with Crippen LogP contribution >= 0.6 is 0 Å². The molecule has 0 saturated heterocycles. The van der Waals surface area contributed by atoms with E-state index in [4.69, 9.17) is 0 Å². The normalized spacial score (nSPS) is 10.7. The van der Waals surface area contributed by atoms with Crippen molar-refractivity contribution in [1.29, 1.82) is 0 Å². The Kier molecular flexibility index (Phi) is 3.51. The smallest absolute Gasteiger partial charge is 0.123 e. The minimum absolute atomic E-state index is 0.253. The van der Waals surface area contributed by atoms with Crippen molar-refractivity contribution >= 4 is 6.08 Å². The molecule has 1 aromatic carbocycles. The lowest BCUT2D eigenvalue weighted by Crippen LogP contribution is -2.00. The van der Waals surface area contributed by atoms with Crippen molar-refractivity contribution in [1.82, 2.24) is 9.97 Å². The van der Waals surface area contributed by atoms with Gasteiger partial charge in [0.15, 0.2) is 0 Å². The molecule has 0 N–H and O–H groups in total. The highest BCUT2D eigenvalue weighted by molar-refractivity contribution is 5.72. The lowest BCUT2D eigenvalue weighted by atomic mass is 9.99. The van der Waals surface area contributed by atoms with Crippen molar-refractivity contribution in [3.05, 3.63) is 54.2 Å². The van der Waals surface area contributed by atoms with Crippen LogP contribution in [0.15, 0.2) is 37.2 Å². The first-order valence-electron chi connectivity index (χ1n) is 5.86. The highest BCUT2D eigenvalue weighted by Crippen LogP contribution is 2.27. The van der Waals surface area contributed by atoms with Gasteiger partial charge >= 0.3 is 0 Å². The third-order valence-corrected chi connectivity index (χ3v) is 2.78. The lowest BCUT2D eigenvalue weighted by molar-refractivity contribution is 0.628. The van der Waals surface area contributed by atoms with Gasteiger partial charge in [0.25, 0.3) is 0 Å². The van der Waals surface area contributed by atoms with Gasteiger partial charge in [0, 0.05) is 11.1 Å². The Bertz CT molecular complexity index is 559. The van der Waals surface area contributed by atoms with Crippen molar-refractivity contribution in [2.45, 2.75) is 19.8 Å². The molecule has 0 fully saturated rings. The van der Waals surface area contributed by atoms with Crippen LogP contribution in [-0.2, 0) is 0 Å². The van der Waals surface area contributed by atoms with Gasteiger partial charge in [-0.1, -0.05) is 26.5 Å². The van der Waals surface area contributed by atoms with Gasteiger partial charge in [0.1, 0.15) is 12.1 Å². The van der Waals surface area contributed by atoms with E-state index < -0.39 is 0 Å². The summed E-state index contributed by atoms with van der Waals surface area (Å²) in [5.41, 5.74) is 3.54. The molecule has 0 spiro atoms. The van der Waals surface area contributed by atoms with E-state index in [-0.39, 0.29) is 5.82 Å².